The van der Waals surface area contributed by atoms with Gasteiger partial charge in [-0.1, -0.05) is 24.3 Å². The van der Waals surface area contributed by atoms with Crippen molar-refractivity contribution in [3.05, 3.63) is 59.9 Å². The van der Waals surface area contributed by atoms with Crippen molar-refractivity contribution in [2.75, 3.05) is 19.1 Å². The number of anilines is 1. The van der Waals surface area contributed by atoms with Gasteiger partial charge in [0.05, 0.1) is 18.4 Å². The molecule has 3 aromatic rings. The lowest BCUT2D eigenvalue weighted by Gasteiger charge is -2.19. The van der Waals surface area contributed by atoms with Crippen molar-refractivity contribution < 1.29 is 18.7 Å². The number of likely N-dealkylation sites (N-methyl/N-ethyl adjacent to an activating group) is 1. The minimum atomic E-state index is -0.544. The average Bonchev–Trinajstić information content (AvgIpc) is 3.15. The molecule has 0 aliphatic rings. The Morgan fingerprint density at radius 1 is 1.19 bits per heavy atom. The van der Waals surface area contributed by atoms with Crippen molar-refractivity contribution in [2.24, 2.45) is 0 Å². The molecular formula is C18H16FN5O3. The predicted molar refractivity (Wildman–Crippen MR) is 94.4 cm³/mol. The van der Waals surface area contributed by atoms with Crippen molar-refractivity contribution in [2.45, 2.75) is 6.54 Å². The minimum absolute atomic E-state index is 0.200. The monoisotopic (exact) mass is 369 g/mol. The number of amides is 1. The van der Waals surface area contributed by atoms with Crippen LogP contribution in [0.3, 0.4) is 0 Å². The Labute approximate surface area is 154 Å². The van der Waals surface area contributed by atoms with E-state index >= 15 is 0 Å². The normalized spacial score (nSPS) is 10.5. The molecule has 0 aliphatic carbocycles. The molecule has 0 spiro atoms. The van der Waals surface area contributed by atoms with Gasteiger partial charge in [-0.2, -0.15) is 4.80 Å². The summed E-state index contributed by atoms with van der Waals surface area (Å²) in [5.41, 5.74) is 1.13. The van der Waals surface area contributed by atoms with Crippen molar-refractivity contribution in [1.29, 1.82) is 0 Å². The maximum absolute atomic E-state index is 13.3. The summed E-state index contributed by atoms with van der Waals surface area (Å²) >= 11 is 0. The summed E-state index contributed by atoms with van der Waals surface area (Å²) in [6.07, 6.45) is 0. The third-order valence-electron chi connectivity index (χ3n) is 3.86. The summed E-state index contributed by atoms with van der Waals surface area (Å²) in [4.78, 5) is 26.9. The molecule has 0 unspecified atom stereocenters. The quantitative estimate of drug-likeness (QED) is 0.639. The van der Waals surface area contributed by atoms with Gasteiger partial charge in [-0.3, -0.25) is 4.79 Å². The number of hydrogen-bond acceptors (Lipinski definition) is 6. The highest BCUT2D eigenvalue weighted by Gasteiger charge is 2.20. The lowest BCUT2D eigenvalue weighted by atomic mass is 10.1. The first-order valence-electron chi connectivity index (χ1n) is 7.97. The molecule has 1 heterocycles. The molecule has 0 atom stereocenters. The van der Waals surface area contributed by atoms with E-state index in [1.54, 1.807) is 30.3 Å². The average molecular weight is 369 g/mol. The Bertz CT molecular complexity index is 988. The minimum Gasteiger partial charge on any atom is -0.465 e. The molecule has 0 saturated heterocycles. The fraction of sp³-hybridized carbons (Fsp3) is 0.167. The van der Waals surface area contributed by atoms with Gasteiger partial charge in [0, 0.05) is 12.6 Å². The maximum Gasteiger partial charge on any atom is 0.339 e. The number of aromatic nitrogens is 4. The van der Waals surface area contributed by atoms with E-state index in [2.05, 4.69) is 15.4 Å². The number of rotatable bonds is 5. The van der Waals surface area contributed by atoms with Crippen LogP contribution in [0.5, 0.6) is 0 Å². The number of tetrazole rings is 1. The zero-order valence-electron chi connectivity index (χ0n) is 14.7. The zero-order valence-corrected chi connectivity index (χ0v) is 14.7. The number of methoxy groups -OCH3 is 1. The summed E-state index contributed by atoms with van der Waals surface area (Å²) in [5, 5.41) is 11.8. The molecule has 3 rings (SSSR count). The highest BCUT2D eigenvalue weighted by molar-refractivity contribution is 6.02. The molecule has 2 aromatic carbocycles. The molecule has 1 aromatic heterocycles. The Balaban J connectivity index is 1.77. The van der Waals surface area contributed by atoms with Crippen LogP contribution in [0.4, 0.5) is 10.1 Å². The van der Waals surface area contributed by atoms with Crippen LogP contribution >= 0.6 is 0 Å². The van der Waals surface area contributed by atoms with Crippen LogP contribution < -0.4 is 4.90 Å². The molecule has 0 fully saturated rings. The lowest BCUT2D eigenvalue weighted by molar-refractivity contribution is -0.119. The number of hydrogen-bond donors (Lipinski definition) is 0. The molecule has 0 radical (unpaired) electrons. The fourth-order valence-corrected chi connectivity index (χ4v) is 2.46. The SMILES string of the molecule is COC(=O)c1ccccc1N(C)C(=O)Cn1nnc(-c2cccc(F)c2)n1. The molecule has 0 bridgehead atoms. The zero-order chi connectivity index (χ0) is 19.4. The third-order valence-corrected chi connectivity index (χ3v) is 3.86. The lowest BCUT2D eigenvalue weighted by Crippen LogP contribution is -2.32. The molecule has 8 nitrogen and oxygen atoms in total. The second-order valence-electron chi connectivity index (χ2n) is 5.62. The van der Waals surface area contributed by atoms with E-state index in [1.165, 1.54) is 37.3 Å². The smallest absolute Gasteiger partial charge is 0.339 e. The van der Waals surface area contributed by atoms with Crippen LogP contribution in [-0.2, 0) is 16.1 Å². The summed E-state index contributed by atoms with van der Waals surface area (Å²) in [7, 11) is 2.81. The van der Waals surface area contributed by atoms with Crippen LogP contribution in [0.15, 0.2) is 48.5 Å². The molecule has 0 N–H and O–H groups in total. The standard InChI is InChI=1S/C18H16FN5O3/c1-23(15-9-4-3-8-14(15)18(26)27-2)16(25)11-24-21-17(20-22-24)12-6-5-7-13(19)10-12/h3-10H,11H2,1-2H3. The van der Waals surface area contributed by atoms with E-state index in [-0.39, 0.29) is 23.8 Å². The van der Waals surface area contributed by atoms with Gasteiger partial charge in [0.25, 0.3) is 0 Å². The van der Waals surface area contributed by atoms with E-state index in [1.807, 2.05) is 0 Å². The van der Waals surface area contributed by atoms with Gasteiger partial charge in [-0.25, -0.2) is 9.18 Å². The second-order valence-corrected chi connectivity index (χ2v) is 5.62. The number of carbonyl (C=O) groups excluding carboxylic acids is 2. The van der Waals surface area contributed by atoms with Crippen LogP contribution in [0.1, 0.15) is 10.4 Å². The number of ether oxygens (including phenoxy) is 1. The summed E-state index contributed by atoms with van der Waals surface area (Å²) in [6.45, 7) is -0.200. The molecule has 138 valence electrons. The van der Waals surface area contributed by atoms with Crippen LogP contribution in [0.25, 0.3) is 11.4 Å². The highest BCUT2D eigenvalue weighted by atomic mass is 19.1. The fourth-order valence-electron chi connectivity index (χ4n) is 2.46. The van der Waals surface area contributed by atoms with Gasteiger partial charge in [0.15, 0.2) is 0 Å². The largest absolute Gasteiger partial charge is 0.465 e. The van der Waals surface area contributed by atoms with Gasteiger partial charge in [0.2, 0.25) is 11.7 Å². The number of esters is 1. The molecule has 9 heteroatoms. The number of para-hydroxylation sites is 1. The Hall–Kier alpha value is -3.62. The topological polar surface area (TPSA) is 90.2 Å². The van der Waals surface area contributed by atoms with Crippen LogP contribution in [0.2, 0.25) is 0 Å². The van der Waals surface area contributed by atoms with E-state index in [9.17, 15) is 14.0 Å². The first-order valence-corrected chi connectivity index (χ1v) is 7.97. The number of benzene rings is 2. The molecule has 1 amide bonds. The molecule has 0 saturated carbocycles. The van der Waals surface area contributed by atoms with Crippen molar-refractivity contribution in [3.63, 3.8) is 0 Å². The Morgan fingerprint density at radius 3 is 2.70 bits per heavy atom. The first-order chi connectivity index (χ1) is 13.0. The van der Waals surface area contributed by atoms with E-state index < -0.39 is 11.8 Å². The van der Waals surface area contributed by atoms with E-state index in [4.69, 9.17) is 4.74 Å². The summed E-state index contributed by atoms with van der Waals surface area (Å²) in [5.74, 6) is -1.12. The van der Waals surface area contributed by atoms with Gasteiger partial charge in [-0.15, -0.1) is 10.2 Å². The molecule has 0 aliphatic heterocycles. The second kappa shape index (κ2) is 7.73. The number of nitrogens with zero attached hydrogens (tertiary/aromatic N) is 5. The predicted octanol–water partition coefficient (Wildman–Crippen LogP) is 1.93. The number of carbonyl (C=O) groups is 2. The highest BCUT2D eigenvalue weighted by Crippen LogP contribution is 2.20. The van der Waals surface area contributed by atoms with Crippen molar-refractivity contribution >= 4 is 17.6 Å². The van der Waals surface area contributed by atoms with Crippen LogP contribution in [-0.4, -0.2) is 46.2 Å². The van der Waals surface area contributed by atoms with Crippen molar-refractivity contribution in [1.82, 2.24) is 20.2 Å². The third kappa shape index (κ3) is 3.97. The Morgan fingerprint density at radius 2 is 1.96 bits per heavy atom. The van der Waals surface area contributed by atoms with Gasteiger partial charge < -0.3 is 9.64 Å². The van der Waals surface area contributed by atoms with Crippen LogP contribution in [0, 0.1) is 5.82 Å². The molecular weight excluding hydrogens is 353 g/mol. The molecule has 27 heavy (non-hydrogen) atoms. The summed E-state index contributed by atoms with van der Waals surface area (Å²) in [6, 6.07) is 12.4. The first kappa shape index (κ1) is 18.2. The maximum atomic E-state index is 13.3. The number of halogens is 1. The summed E-state index contributed by atoms with van der Waals surface area (Å²) < 4.78 is 18.1. The van der Waals surface area contributed by atoms with Crippen molar-refractivity contribution in [3.8, 4) is 11.4 Å². The van der Waals surface area contributed by atoms with Gasteiger partial charge >= 0.3 is 5.97 Å². The van der Waals surface area contributed by atoms with E-state index in [0.29, 0.717) is 11.3 Å². The van der Waals surface area contributed by atoms with Gasteiger partial charge in [-0.05, 0) is 29.5 Å². The van der Waals surface area contributed by atoms with Gasteiger partial charge in [0.1, 0.15) is 12.4 Å². The Kier molecular flexibility index (Phi) is 5.20. The van der Waals surface area contributed by atoms with E-state index in [0.717, 1.165) is 4.80 Å².